The van der Waals surface area contributed by atoms with E-state index >= 15 is 0 Å². The molecule has 1 N–H and O–H groups in total. The van der Waals surface area contributed by atoms with E-state index < -0.39 is 46.6 Å². The van der Waals surface area contributed by atoms with Crippen molar-refractivity contribution in [1.29, 1.82) is 0 Å². The lowest BCUT2D eigenvalue weighted by molar-refractivity contribution is -0.132. The number of carbonyl (C=O) groups excluding carboxylic acids is 2. The zero-order chi connectivity index (χ0) is 24.6. The Balaban J connectivity index is 1.94. The number of Topliss-reactive ketones (excluding diaryl/α,β-unsaturated/α-hetero) is 1. The fraction of sp³-hybridized carbons (Fsp3) is 0.154. The highest BCUT2D eigenvalue weighted by Gasteiger charge is 2.47. The molecule has 1 fully saturated rings. The van der Waals surface area contributed by atoms with Gasteiger partial charge in [-0.25, -0.2) is 13.2 Å². The molecule has 0 radical (unpaired) electrons. The van der Waals surface area contributed by atoms with Gasteiger partial charge in [-0.1, -0.05) is 24.3 Å². The second kappa shape index (κ2) is 9.05. The second-order valence-electron chi connectivity index (χ2n) is 8.01. The summed E-state index contributed by atoms with van der Waals surface area (Å²) in [5, 5.41) is 11.1. The Bertz CT molecular complexity index is 1300. The third kappa shape index (κ3) is 4.26. The lowest BCUT2D eigenvalue weighted by Gasteiger charge is -2.25. The van der Waals surface area contributed by atoms with Crippen LogP contribution in [-0.2, 0) is 9.59 Å². The van der Waals surface area contributed by atoms with Crippen molar-refractivity contribution < 1.29 is 32.6 Å². The Morgan fingerprint density at radius 3 is 2.29 bits per heavy atom. The van der Waals surface area contributed by atoms with Crippen LogP contribution < -0.4 is 9.64 Å². The van der Waals surface area contributed by atoms with Gasteiger partial charge >= 0.3 is 0 Å². The molecule has 3 aromatic rings. The molecule has 5 nitrogen and oxygen atoms in total. The summed E-state index contributed by atoms with van der Waals surface area (Å²) in [4.78, 5) is 26.9. The molecule has 1 heterocycles. The van der Waals surface area contributed by atoms with Crippen LogP contribution in [0.3, 0.4) is 0 Å². The van der Waals surface area contributed by atoms with Gasteiger partial charge in [0.15, 0.2) is 0 Å². The minimum absolute atomic E-state index is 0.154. The molecule has 0 spiro atoms. The van der Waals surface area contributed by atoms with Gasteiger partial charge in [-0.15, -0.1) is 0 Å². The fourth-order valence-corrected chi connectivity index (χ4v) is 3.86. The van der Waals surface area contributed by atoms with Crippen molar-refractivity contribution in [2.75, 3.05) is 4.90 Å². The maximum Gasteiger partial charge on any atom is 0.300 e. The maximum atomic E-state index is 14.7. The number of ether oxygens (including phenoxy) is 1. The van der Waals surface area contributed by atoms with E-state index in [9.17, 15) is 27.9 Å². The SMILES string of the molecule is CC(C)Oc1cccc(/C(O)=C2\C(=O)C(=O)N(c3cc(F)ccc3F)C2c2ccc(F)cc2)c1. The minimum atomic E-state index is -1.33. The monoisotopic (exact) mass is 467 g/mol. The zero-order valence-electron chi connectivity index (χ0n) is 18.3. The molecule has 8 heteroatoms. The van der Waals surface area contributed by atoms with E-state index in [1.165, 1.54) is 24.3 Å². The van der Waals surface area contributed by atoms with E-state index in [0.29, 0.717) is 5.75 Å². The molecule has 1 saturated heterocycles. The van der Waals surface area contributed by atoms with Gasteiger partial charge in [0.2, 0.25) is 0 Å². The van der Waals surface area contributed by atoms with Gasteiger partial charge in [0.25, 0.3) is 11.7 Å². The quantitative estimate of drug-likeness (QED) is 0.305. The third-order valence-electron chi connectivity index (χ3n) is 5.28. The van der Waals surface area contributed by atoms with Crippen LogP contribution in [0.25, 0.3) is 5.76 Å². The van der Waals surface area contributed by atoms with Crippen LogP contribution in [0, 0.1) is 17.5 Å². The summed E-state index contributed by atoms with van der Waals surface area (Å²) < 4.78 is 47.9. The molecular formula is C26H20F3NO4. The van der Waals surface area contributed by atoms with E-state index in [1.807, 2.05) is 13.8 Å². The van der Waals surface area contributed by atoms with Crippen LogP contribution >= 0.6 is 0 Å². The van der Waals surface area contributed by atoms with Crippen molar-refractivity contribution in [3.8, 4) is 5.75 Å². The van der Waals surface area contributed by atoms with Gasteiger partial charge in [0.1, 0.15) is 29.0 Å². The van der Waals surface area contributed by atoms with E-state index in [-0.39, 0.29) is 22.8 Å². The molecule has 4 rings (SSSR count). The Morgan fingerprint density at radius 1 is 0.941 bits per heavy atom. The van der Waals surface area contributed by atoms with Crippen LogP contribution in [0.4, 0.5) is 18.9 Å². The van der Waals surface area contributed by atoms with Crippen molar-refractivity contribution in [2.45, 2.75) is 26.0 Å². The molecule has 174 valence electrons. The maximum absolute atomic E-state index is 14.7. The summed E-state index contributed by atoms with van der Waals surface area (Å²) in [7, 11) is 0. The lowest BCUT2D eigenvalue weighted by atomic mass is 9.95. The average Bonchev–Trinajstić information content (AvgIpc) is 3.05. The first-order valence-corrected chi connectivity index (χ1v) is 10.5. The van der Waals surface area contributed by atoms with Gasteiger partial charge < -0.3 is 9.84 Å². The number of halogens is 3. The molecule has 0 bridgehead atoms. The first-order valence-electron chi connectivity index (χ1n) is 10.5. The lowest BCUT2D eigenvalue weighted by Crippen LogP contribution is -2.30. The summed E-state index contributed by atoms with van der Waals surface area (Å²) in [5.74, 6) is -4.70. The third-order valence-corrected chi connectivity index (χ3v) is 5.28. The van der Waals surface area contributed by atoms with Crippen LogP contribution in [0.5, 0.6) is 5.75 Å². The Hall–Kier alpha value is -4.07. The topological polar surface area (TPSA) is 66.8 Å². The van der Waals surface area contributed by atoms with E-state index in [2.05, 4.69) is 0 Å². The summed E-state index contributed by atoms with van der Waals surface area (Å²) in [5.41, 5.74) is -0.419. The standard InChI is InChI=1S/C26H20F3NO4/c1-14(2)34-19-5-3-4-16(12-19)24(31)22-23(15-6-8-17(27)9-7-15)30(26(33)25(22)32)21-13-18(28)10-11-20(21)29/h3-14,23,31H,1-2H3/b24-22+. The molecule has 1 aliphatic heterocycles. The normalized spacial score (nSPS) is 17.5. The predicted molar refractivity (Wildman–Crippen MR) is 120 cm³/mol. The Kier molecular flexibility index (Phi) is 6.15. The van der Waals surface area contributed by atoms with Crippen LogP contribution in [0.1, 0.15) is 31.0 Å². The molecule has 3 aromatic carbocycles. The number of benzene rings is 3. The number of hydrogen-bond donors (Lipinski definition) is 1. The van der Waals surface area contributed by atoms with Gasteiger partial charge in [-0.3, -0.25) is 14.5 Å². The van der Waals surface area contributed by atoms with Crippen LogP contribution in [-0.4, -0.2) is 22.9 Å². The highest BCUT2D eigenvalue weighted by molar-refractivity contribution is 6.51. The minimum Gasteiger partial charge on any atom is -0.507 e. The number of hydrogen-bond acceptors (Lipinski definition) is 4. The molecule has 1 unspecified atom stereocenters. The predicted octanol–water partition coefficient (Wildman–Crippen LogP) is 5.52. The van der Waals surface area contributed by atoms with Crippen molar-refractivity contribution >= 4 is 23.1 Å². The van der Waals surface area contributed by atoms with Crippen LogP contribution in [0.2, 0.25) is 0 Å². The number of nitrogens with zero attached hydrogens (tertiary/aromatic N) is 1. The summed E-state index contributed by atoms with van der Waals surface area (Å²) in [6.45, 7) is 3.64. The molecule has 1 amide bonds. The average molecular weight is 467 g/mol. The van der Waals surface area contributed by atoms with Gasteiger partial charge in [-0.2, -0.15) is 0 Å². The number of aliphatic hydroxyl groups excluding tert-OH is 1. The summed E-state index contributed by atoms with van der Waals surface area (Å²) >= 11 is 0. The van der Waals surface area contributed by atoms with Crippen molar-refractivity contribution in [3.05, 3.63) is 101 Å². The van der Waals surface area contributed by atoms with E-state index in [1.54, 1.807) is 12.1 Å². The number of rotatable bonds is 5. The highest BCUT2D eigenvalue weighted by Crippen LogP contribution is 2.43. The van der Waals surface area contributed by atoms with E-state index in [0.717, 1.165) is 35.2 Å². The van der Waals surface area contributed by atoms with Gasteiger partial charge in [-0.05, 0) is 55.8 Å². The largest absolute Gasteiger partial charge is 0.507 e. The molecule has 0 saturated carbocycles. The molecule has 0 aliphatic carbocycles. The fourth-order valence-electron chi connectivity index (χ4n) is 3.86. The number of ketones is 1. The second-order valence-corrected chi connectivity index (χ2v) is 8.01. The van der Waals surface area contributed by atoms with Crippen molar-refractivity contribution in [2.24, 2.45) is 0 Å². The smallest absolute Gasteiger partial charge is 0.300 e. The molecule has 1 atom stereocenters. The number of amides is 1. The molecule has 1 aliphatic rings. The number of anilines is 1. The number of carbonyl (C=O) groups is 2. The Labute approximate surface area is 193 Å². The highest BCUT2D eigenvalue weighted by atomic mass is 19.1. The van der Waals surface area contributed by atoms with Gasteiger partial charge in [0, 0.05) is 11.6 Å². The first-order chi connectivity index (χ1) is 16.2. The van der Waals surface area contributed by atoms with Crippen LogP contribution in [0.15, 0.2) is 72.3 Å². The zero-order valence-corrected chi connectivity index (χ0v) is 18.3. The molecular weight excluding hydrogens is 447 g/mol. The Morgan fingerprint density at radius 2 is 1.62 bits per heavy atom. The van der Waals surface area contributed by atoms with E-state index in [4.69, 9.17) is 4.74 Å². The first kappa shape index (κ1) is 23.1. The summed E-state index contributed by atoms with van der Waals surface area (Å²) in [6.07, 6.45) is -0.154. The molecule has 34 heavy (non-hydrogen) atoms. The van der Waals surface area contributed by atoms with Crippen molar-refractivity contribution in [3.63, 3.8) is 0 Å². The molecule has 0 aromatic heterocycles. The summed E-state index contributed by atoms with van der Waals surface area (Å²) in [6, 6.07) is 12.3. The number of aliphatic hydroxyl groups is 1. The van der Waals surface area contributed by atoms with Crippen molar-refractivity contribution in [1.82, 2.24) is 0 Å². The van der Waals surface area contributed by atoms with Gasteiger partial charge in [0.05, 0.1) is 23.4 Å².